The molecule has 2 aliphatic rings. The third-order valence-corrected chi connectivity index (χ3v) is 4.58. The van der Waals surface area contributed by atoms with Crippen LogP contribution in [0.25, 0.3) is 6.08 Å². The highest BCUT2D eigenvalue weighted by Crippen LogP contribution is 2.29. The zero-order valence-corrected chi connectivity index (χ0v) is 12.5. The fourth-order valence-corrected chi connectivity index (χ4v) is 3.53. The van der Waals surface area contributed by atoms with Crippen LogP contribution in [0.3, 0.4) is 0 Å². The number of halogens is 1. The van der Waals surface area contributed by atoms with Gasteiger partial charge < -0.3 is 5.32 Å². The van der Waals surface area contributed by atoms with Crippen molar-refractivity contribution in [1.82, 2.24) is 5.32 Å². The minimum absolute atomic E-state index is 0.0771. The number of thioether (sulfide) groups is 1. The predicted molar refractivity (Wildman–Crippen MR) is 84.9 cm³/mol. The summed E-state index contributed by atoms with van der Waals surface area (Å²) in [5, 5.41) is 4.24. The average molecular weight is 307 g/mol. The lowest BCUT2D eigenvalue weighted by molar-refractivity contribution is -0.115. The fraction of sp³-hybridized carbons (Fsp3) is 0.333. The predicted octanol–water partition coefficient (Wildman–Crippen LogP) is 3.84. The summed E-state index contributed by atoms with van der Waals surface area (Å²) < 4.78 is 0. The van der Waals surface area contributed by atoms with Crippen molar-refractivity contribution in [3.8, 4) is 0 Å². The number of aliphatic imine (C=N–C) groups is 1. The zero-order valence-electron chi connectivity index (χ0n) is 10.9. The van der Waals surface area contributed by atoms with Gasteiger partial charge in [0.25, 0.3) is 5.91 Å². The molecule has 1 aliphatic carbocycles. The van der Waals surface area contributed by atoms with E-state index in [0.29, 0.717) is 16.0 Å². The Morgan fingerprint density at radius 2 is 2.15 bits per heavy atom. The lowest BCUT2D eigenvalue weighted by atomic mass is 10.2. The molecule has 5 heteroatoms. The van der Waals surface area contributed by atoms with Gasteiger partial charge in [-0.3, -0.25) is 9.79 Å². The third-order valence-electron chi connectivity index (χ3n) is 3.42. The Morgan fingerprint density at radius 1 is 1.35 bits per heavy atom. The standard InChI is InChI=1S/C15H15ClN2OS/c16-11-5-3-4-10(8-11)9-13-14(19)18-15(20-13)17-12-6-1-2-7-12/h3-5,8-9,12H,1-2,6-7H2,(H,17,18,19). The van der Waals surface area contributed by atoms with E-state index in [4.69, 9.17) is 11.6 Å². The van der Waals surface area contributed by atoms with Crippen molar-refractivity contribution in [3.05, 3.63) is 39.8 Å². The Bertz CT molecular complexity index is 591. The molecule has 0 radical (unpaired) electrons. The number of carbonyl (C=O) groups is 1. The molecule has 1 aliphatic heterocycles. The van der Waals surface area contributed by atoms with Crippen LogP contribution in [-0.2, 0) is 4.79 Å². The Kier molecular flexibility index (Phi) is 4.13. The van der Waals surface area contributed by atoms with E-state index in [2.05, 4.69) is 10.3 Å². The van der Waals surface area contributed by atoms with Gasteiger partial charge in [-0.25, -0.2) is 0 Å². The highest BCUT2D eigenvalue weighted by atomic mass is 35.5. The van der Waals surface area contributed by atoms with E-state index in [9.17, 15) is 4.79 Å². The van der Waals surface area contributed by atoms with Crippen LogP contribution in [-0.4, -0.2) is 17.1 Å². The molecular weight excluding hydrogens is 292 g/mol. The molecule has 1 saturated heterocycles. The first-order chi connectivity index (χ1) is 9.70. The van der Waals surface area contributed by atoms with Gasteiger partial charge in [-0.15, -0.1) is 0 Å². The van der Waals surface area contributed by atoms with Crippen molar-refractivity contribution in [2.75, 3.05) is 0 Å². The van der Waals surface area contributed by atoms with E-state index < -0.39 is 0 Å². The molecule has 1 heterocycles. The maximum absolute atomic E-state index is 11.9. The summed E-state index contributed by atoms with van der Waals surface area (Å²) in [4.78, 5) is 17.2. The van der Waals surface area contributed by atoms with Crippen molar-refractivity contribution in [2.45, 2.75) is 31.7 Å². The van der Waals surface area contributed by atoms with Gasteiger partial charge in [0.05, 0.1) is 10.9 Å². The van der Waals surface area contributed by atoms with Gasteiger partial charge in [0.1, 0.15) is 0 Å². The van der Waals surface area contributed by atoms with Crippen molar-refractivity contribution in [3.63, 3.8) is 0 Å². The summed E-state index contributed by atoms with van der Waals surface area (Å²) in [5.41, 5.74) is 0.928. The second kappa shape index (κ2) is 6.02. The molecule has 0 spiro atoms. The van der Waals surface area contributed by atoms with Crippen molar-refractivity contribution in [2.24, 2.45) is 4.99 Å². The lowest BCUT2D eigenvalue weighted by Crippen LogP contribution is -2.21. The number of carbonyl (C=O) groups excluding carboxylic acids is 1. The van der Waals surface area contributed by atoms with Gasteiger partial charge in [-0.2, -0.15) is 0 Å². The van der Waals surface area contributed by atoms with Crippen LogP contribution in [0.4, 0.5) is 0 Å². The zero-order chi connectivity index (χ0) is 13.9. The normalized spacial score (nSPS) is 23.8. The Balaban J connectivity index is 1.76. The second-order valence-corrected chi connectivity index (χ2v) is 6.46. The molecule has 0 bridgehead atoms. The summed E-state index contributed by atoms with van der Waals surface area (Å²) in [6.07, 6.45) is 6.60. The SMILES string of the molecule is O=C1NC(=NC2CCCC2)SC1=Cc1cccc(Cl)c1. The lowest BCUT2D eigenvalue weighted by Gasteiger charge is -2.02. The molecule has 20 heavy (non-hydrogen) atoms. The van der Waals surface area contributed by atoms with Crippen LogP contribution in [0.15, 0.2) is 34.2 Å². The number of hydrogen-bond acceptors (Lipinski definition) is 3. The highest BCUT2D eigenvalue weighted by Gasteiger charge is 2.25. The molecular formula is C15H15ClN2OS. The van der Waals surface area contributed by atoms with Gasteiger partial charge in [-0.05, 0) is 48.4 Å². The van der Waals surface area contributed by atoms with Gasteiger partial charge in [0.2, 0.25) is 0 Å². The second-order valence-electron chi connectivity index (χ2n) is 4.99. The molecule has 3 nitrogen and oxygen atoms in total. The molecule has 1 amide bonds. The monoisotopic (exact) mass is 306 g/mol. The van der Waals surface area contributed by atoms with Gasteiger partial charge >= 0.3 is 0 Å². The number of hydrogen-bond donors (Lipinski definition) is 1. The van der Waals surface area contributed by atoms with Crippen molar-refractivity contribution >= 4 is 40.5 Å². The van der Waals surface area contributed by atoms with Gasteiger partial charge in [-0.1, -0.05) is 36.6 Å². The number of rotatable bonds is 2. The van der Waals surface area contributed by atoms with Crippen LogP contribution >= 0.6 is 23.4 Å². The van der Waals surface area contributed by atoms with E-state index in [1.165, 1.54) is 24.6 Å². The molecule has 1 aromatic rings. The van der Waals surface area contributed by atoms with E-state index in [1.54, 1.807) is 0 Å². The van der Waals surface area contributed by atoms with Crippen LogP contribution in [0.1, 0.15) is 31.2 Å². The number of amidine groups is 1. The maximum atomic E-state index is 11.9. The summed E-state index contributed by atoms with van der Waals surface area (Å²) in [6, 6.07) is 7.84. The number of benzene rings is 1. The molecule has 0 atom stereocenters. The Morgan fingerprint density at radius 3 is 2.90 bits per heavy atom. The maximum Gasteiger partial charge on any atom is 0.264 e. The largest absolute Gasteiger partial charge is 0.301 e. The summed E-state index contributed by atoms with van der Waals surface area (Å²) in [5.74, 6) is -0.0771. The van der Waals surface area contributed by atoms with Crippen LogP contribution in [0, 0.1) is 0 Å². The fourth-order valence-electron chi connectivity index (χ4n) is 2.44. The summed E-state index contributed by atoms with van der Waals surface area (Å²) in [7, 11) is 0. The van der Waals surface area contributed by atoms with Gasteiger partial charge in [0, 0.05) is 5.02 Å². The topological polar surface area (TPSA) is 41.5 Å². The highest BCUT2D eigenvalue weighted by molar-refractivity contribution is 8.18. The first-order valence-corrected chi connectivity index (χ1v) is 7.94. The third kappa shape index (κ3) is 3.25. The van der Waals surface area contributed by atoms with E-state index in [0.717, 1.165) is 23.6 Å². The van der Waals surface area contributed by atoms with Crippen LogP contribution in [0.2, 0.25) is 5.02 Å². The van der Waals surface area contributed by atoms with E-state index in [1.807, 2.05) is 30.3 Å². The minimum Gasteiger partial charge on any atom is -0.301 e. The molecule has 1 saturated carbocycles. The minimum atomic E-state index is -0.0771. The van der Waals surface area contributed by atoms with Crippen molar-refractivity contribution < 1.29 is 4.79 Å². The molecule has 104 valence electrons. The molecule has 3 rings (SSSR count). The first kappa shape index (κ1) is 13.7. The van der Waals surface area contributed by atoms with Crippen molar-refractivity contribution in [1.29, 1.82) is 0 Å². The summed E-state index contributed by atoms with van der Waals surface area (Å²) in [6.45, 7) is 0. The van der Waals surface area contributed by atoms with Crippen LogP contribution < -0.4 is 5.32 Å². The molecule has 0 aromatic heterocycles. The number of nitrogens with zero attached hydrogens (tertiary/aromatic N) is 1. The average Bonchev–Trinajstić information content (AvgIpc) is 3.01. The number of amides is 1. The first-order valence-electron chi connectivity index (χ1n) is 6.75. The molecule has 1 N–H and O–H groups in total. The smallest absolute Gasteiger partial charge is 0.264 e. The van der Waals surface area contributed by atoms with Gasteiger partial charge in [0.15, 0.2) is 5.17 Å². The van der Waals surface area contributed by atoms with Crippen LogP contribution in [0.5, 0.6) is 0 Å². The molecule has 0 unspecified atom stereocenters. The molecule has 1 aromatic carbocycles. The number of nitrogens with one attached hydrogen (secondary N) is 1. The van der Waals surface area contributed by atoms with E-state index in [-0.39, 0.29) is 5.91 Å². The Labute approximate surface area is 127 Å². The summed E-state index contributed by atoms with van der Waals surface area (Å²) >= 11 is 7.36. The Hall–Kier alpha value is -1.26. The molecule has 2 fully saturated rings. The van der Waals surface area contributed by atoms with E-state index >= 15 is 0 Å². The quantitative estimate of drug-likeness (QED) is 0.843.